The number of H-pyrrole nitrogens is 1. The average Bonchev–Trinajstić information content (AvgIpc) is 3.09. The predicted molar refractivity (Wildman–Crippen MR) is 91.0 cm³/mol. The molecule has 2 nitrogen and oxygen atoms in total. The van der Waals surface area contributed by atoms with Crippen LogP contribution in [0.2, 0.25) is 0 Å². The van der Waals surface area contributed by atoms with Crippen molar-refractivity contribution in [2.45, 2.75) is 24.3 Å². The van der Waals surface area contributed by atoms with Gasteiger partial charge in [0.05, 0.1) is 10.9 Å². The summed E-state index contributed by atoms with van der Waals surface area (Å²) in [4.78, 5) is 3.73. The fourth-order valence-corrected chi connectivity index (χ4v) is 4.28. The summed E-state index contributed by atoms with van der Waals surface area (Å²) >= 11 is 3.86. The topological polar surface area (TPSA) is 25.0 Å². The van der Waals surface area contributed by atoms with Crippen molar-refractivity contribution < 1.29 is 4.74 Å². The third-order valence-corrected chi connectivity index (χ3v) is 5.63. The van der Waals surface area contributed by atoms with Gasteiger partial charge < -0.3 is 9.72 Å². The molecule has 3 aromatic rings. The van der Waals surface area contributed by atoms with E-state index in [1.165, 1.54) is 27.4 Å². The Morgan fingerprint density at radius 3 is 2.76 bits per heavy atom. The van der Waals surface area contributed by atoms with Gasteiger partial charge in [-0.15, -0.1) is 0 Å². The molecule has 3 unspecified atom stereocenters. The van der Waals surface area contributed by atoms with Crippen LogP contribution in [0, 0.1) is 5.92 Å². The molecule has 0 saturated carbocycles. The summed E-state index contributed by atoms with van der Waals surface area (Å²) < 4.78 is 5.91. The van der Waals surface area contributed by atoms with E-state index in [0.717, 1.165) is 13.0 Å². The molecule has 21 heavy (non-hydrogen) atoms. The highest BCUT2D eigenvalue weighted by atomic mass is 79.9. The Balaban J connectivity index is 1.80. The van der Waals surface area contributed by atoms with E-state index in [-0.39, 0.29) is 10.9 Å². The van der Waals surface area contributed by atoms with E-state index >= 15 is 0 Å². The monoisotopic (exact) mass is 343 g/mol. The summed E-state index contributed by atoms with van der Waals surface area (Å²) in [7, 11) is 0. The summed E-state index contributed by atoms with van der Waals surface area (Å²) in [6, 6.07) is 15.1. The first-order valence-electron chi connectivity index (χ1n) is 7.50. The van der Waals surface area contributed by atoms with Crippen LogP contribution in [-0.4, -0.2) is 17.7 Å². The Morgan fingerprint density at radius 2 is 1.95 bits per heavy atom. The van der Waals surface area contributed by atoms with Gasteiger partial charge in [0, 0.05) is 28.4 Å². The van der Waals surface area contributed by atoms with Gasteiger partial charge in [-0.1, -0.05) is 47.1 Å². The molecule has 1 N–H and O–H groups in total. The Bertz CT molecular complexity index is 794. The molecular formula is C18H18BrNO. The van der Waals surface area contributed by atoms with Crippen LogP contribution in [0.15, 0.2) is 42.5 Å². The Morgan fingerprint density at radius 1 is 1.14 bits per heavy atom. The Labute approximate surface area is 132 Å². The van der Waals surface area contributed by atoms with Crippen LogP contribution in [0.5, 0.6) is 0 Å². The van der Waals surface area contributed by atoms with Crippen molar-refractivity contribution in [2.24, 2.45) is 5.92 Å². The first-order valence-corrected chi connectivity index (χ1v) is 8.41. The molecule has 0 radical (unpaired) electrons. The molecule has 2 aromatic carbocycles. The maximum atomic E-state index is 5.91. The summed E-state index contributed by atoms with van der Waals surface area (Å²) in [6.07, 6.45) is 1.43. The molecule has 0 amide bonds. The Kier molecular flexibility index (Phi) is 3.27. The van der Waals surface area contributed by atoms with Gasteiger partial charge >= 0.3 is 0 Å². The fraction of sp³-hybridized carbons (Fsp3) is 0.333. The summed E-state index contributed by atoms with van der Waals surface area (Å²) in [5.41, 5.74) is 3.69. The minimum absolute atomic E-state index is 0.257. The van der Waals surface area contributed by atoms with Crippen LogP contribution in [0.25, 0.3) is 21.8 Å². The first kappa shape index (κ1) is 13.4. The van der Waals surface area contributed by atoms with E-state index in [9.17, 15) is 0 Å². The number of para-hydroxylation sites is 1. The molecule has 1 fully saturated rings. The van der Waals surface area contributed by atoms with Crippen molar-refractivity contribution in [3.63, 3.8) is 0 Å². The van der Waals surface area contributed by atoms with Crippen LogP contribution in [0.1, 0.15) is 23.7 Å². The molecule has 3 heteroatoms. The molecule has 0 aliphatic carbocycles. The molecular weight excluding hydrogens is 326 g/mol. The fourth-order valence-electron chi connectivity index (χ4n) is 3.32. The molecule has 1 aliphatic heterocycles. The van der Waals surface area contributed by atoms with E-state index in [1.807, 2.05) is 0 Å². The largest absolute Gasteiger partial charge is 0.376 e. The molecule has 0 spiro atoms. The molecule has 3 atom stereocenters. The van der Waals surface area contributed by atoms with Gasteiger partial charge in [0.25, 0.3) is 0 Å². The number of rotatable bonds is 2. The number of hydrogen-bond donors (Lipinski definition) is 1. The number of fused-ring (bicyclic) bond motifs is 3. The van der Waals surface area contributed by atoms with Gasteiger partial charge in [0.2, 0.25) is 0 Å². The lowest BCUT2D eigenvalue weighted by Crippen LogP contribution is -2.19. The Hall–Kier alpha value is -1.32. The molecule has 108 valence electrons. The van der Waals surface area contributed by atoms with Gasteiger partial charge in [-0.05, 0) is 36.1 Å². The van der Waals surface area contributed by atoms with Crippen LogP contribution < -0.4 is 0 Å². The normalized spacial score (nSPS) is 23.9. The molecule has 2 heterocycles. The van der Waals surface area contributed by atoms with Crippen LogP contribution in [-0.2, 0) is 4.74 Å². The zero-order chi connectivity index (χ0) is 14.4. The molecule has 0 bridgehead atoms. The number of benzene rings is 2. The zero-order valence-electron chi connectivity index (χ0n) is 12.0. The highest BCUT2D eigenvalue weighted by molar-refractivity contribution is 9.09. The lowest BCUT2D eigenvalue weighted by Gasteiger charge is -2.21. The van der Waals surface area contributed by atoms with Crippen molar-refractivity contribution in [2.75, 3.05) is 6.61 Å². The minimum Gasteiger partial charge on any atom is -0.376 e. The van der Waals surface area contributed by atoms with Gasteiger partial charge in [-0.25, -0.2) is 0 Å². The van der Waals surface area contributed by atoms with E-state index in [4.69, 9.17) is 4.74 Å². The van der Waals surface area contributed by atoms with E-state index in [1.54, 1.807) is 0 Å². The smallest absolute Gasteiger partial charge is 0.0767 e. The minimum atomic E-state index is 0.257. The number of aromatic nitrogens is 1. The van der Waals surface area contributed by atoms with Crippen molar-refractivity contribution in [1.29, 1.82) is 0 Å². The number of nitrogens with one attached hydrogen (secondary N) is 1. The van der Waals surface area contributed by atoms with E-state index in [0.29, 0.717) is 5.92 Å². The number of hydrogen-bond acceptors (Lipinski definition) is 1. The first-order chi connectivity index (χ1) is 10.2. The number of alkyl halides is 1. The maximum Gasteiger partial charge on any atom is 0.0767 e. The third-order valence-electron chi connectivity index (χ3n) is 4.58. The maximum absolute atomic E-state index is 5.91. The standard InChI is InChI=1S/C18H18BrNO/c1-11-8-9-21-18(11)17(19)12-6-7-16-14(10-12)13-4-2-3-5-15(13)20-16/h2-7,10-11,17-18,20H,8-9H2,1H3. The SMILES string of the molecule is CC1CCOC1C(Br)c1ccc2[nH]c3ccccc3c2c1. The van der Waals surface area contributed by atoms with Crippen molar-refractivity contribution in [3.05, 3.63) is 48.0 Å². The number of halogens is 1. The van der Waals surface area contributed by atoms with Gasteiger partial charge in [0.1, 0.15) is 0 Å². The van der Waals surface area contributed by atoms with E-state index < -0.39 is 0 Å². The highest BCUT2D eigenvalue weighted by Gasteiger charge is 2.31. The van der Waals surface area contributed by atoms with Crippen LogP contribution in [0.3, 0.4) is 0 Å². The molecule has 1 aliphatic rings. The zero-order valence-corrected chi connectivity index (χ0v) is 13.6. The summed E-state index contributed by atoms with van der Waals surface area (Å²) in [5.74, 6) is 0.605. The van der Waals surface area contributed by atoms with Crippen molar-refractivity contribution in [3.8, 4) is 0 Å². The highest BCUT2D eigenvalue weighted by Crippen LogP contribution is 2.38. The van der Waals surface area contributed by atoms with Gasteiger partial charge in [-0.2, -0.15) is 0 Å². The second kappa shape index (κ2) is 5.15. The third kappa shape index (κ3) is 2.19. The van der Waals surface area contributed by atoms with Crippen LogP contribution >= 0.6 is 15.9 Å². The molecule has 1 aromatic heterocycles. The summed E-state index contributed by atoms with van der Waals surface area (Å²) in [5, 5.41) is 2.58. The summed E-state index contributed by atoms with van der Waals surface area (Å²) in [6.45, 7) is 3.15. The molecule has 4 rings (SSSR count). The number of ether oxygens (including phenoxy) is 1. The lowest BCUT2D eigenvalue weighted by molar-refractivity contribution is 0.0935. The van der Waals surface area contributed by atoms with Crippen molar-refractivity contribution >= 4 is 37.7 Å². The quantitative estimate of drug-likeness (QED) is 0.637. The van der Waals surface area contributed by atoms with Crippen molar-refractivity contribution in [1.82, 2.24) is 4.98 Å². The van der Waals surface area contributed by atoms with Gasteiger partial charge in [0.15, 0.2) is 0 Å². The number of aromatic amines is 1. The second-order valence-corrected chi connectivity index (χ2v) is 6.97. The average molecular weight is 344 g/mol. The lowest BCUT2D eigenvalue weighted by atomic mass is 9.96. The van der Waals surface area contributed by atoms with E-state index in [2.05, 4.69) is 70.3 Å². The van der Waals surface area contributed by atoms with Crippen LogP contribution in [0.4, 0.5) is 0 Å². The predicted octanol–water partition coefficient (Wildman–Crippen LogP) is 5.18. The second-order valence-electron chi connectivity index (χ2n) is 5.98. The van der Waals surface area contributed by atoms with Gasteiger partial charge in [-0.3, -0.25) is 0 Å². The molecule has 1 saturated heterocycles.